The highest BCUT2D eigenvalue weighted by Crippen LogP contribution is 2.25. The standard InChI is InChI=1S/C17H12BrClFN3O/c1-9(15-13(19)6-11(18)8-21-15)23-17(24)14-12-5-3-2-4-10(12)7-22-16(14)20/h2-9H,1H3,(H,23,24). The van der Waals surface area contributed by atoms with Crippen LogP contribution >= 0.6 is 27.5 Å². The number of pyridine rings is 2. The maximum atomic E-state index is 14.1. The normalized spacial score (nSPS) is 12.2. The van der Waals surface area contributed by atoms with Crippen LogP contribution in [0.2, 0.25) is 5.02 Å². The Balaban J connectivity index is 1.94. The molecular formula is C17H12BrClFN3O. The van der Waals surface area contributed by atoms with Crippen LogP contribution in [-0.4, -0.2) is 15.9 Å². The Hall–Kier alpha value is -2.05. The lowest BCUT2D eigenvalue weighted by molar-refractivity contribution is 0.0936. The molecule has 0 bridgehead atoms. The zero-order valence-electron chi connectivity index (χ0n) is 12.6. The largest absolute Gasteiger partial charge is 0.344 e. The van der Waals surface area contributed by atoms with Gasteiger partial charge in [-0.1, -0.05) is 35.9 Å². The fraction of sp³-hybridized carbons (Fsp3) is 0.118. The van der Waals surface area contributed by atoms with Crippen molar-refractivity contribution in [3.8, 4) is 0 Å². The molecule has 2 heterocycles. The molecule has 2 aromatic heterocycles. The number of amides is 1. The molecule has 0 spiro atoms. The van der Waals surface area contributed by atoms with Crippen molar-refractivity contribution >= 4 is 44.2 Å². The lowest BCUT2D eigenvalue weighted by Gasteiger charge is -2.16. The molecule has 1 aromatic carbocycles. The molecule has 0 aliphatic carbocycles. The molecule has 0 aliphatic heterocycles. The van der Waals surface area contributed by atoms with Gasteiger partial charge < -0.3 is 5.32 Å². The summed E-state index contributed by atoms with van der Waals surface area (Å²) >= 11 is 9.43. The van der Waals surface area contributed by atoms with Gasteiger partial charge in [0, 0.05) is 27.6 Å². The third-order valence-electron chi connectivity index (χ3n) is 3.57. The van der Waals surface area contributed by atoms with Gasteiger partial charge in [0.1, 0.15) is 5.56 Å². The molecule has 7 heteroatoms. The van der Waals surface area contributed by atoms with E-state index in [9.17, 15) is 9.18 Å². The van der Waals surface area contributed by atoms with E-state index >= 15 is 0 Å². The molecule has 4 nitrogen and oxygen atoms in total. The molecule has 0 saturated heterocycles. The minimum absolute atomic E-state index is 0.0896. The number of aromatic nitrogens is 2. The van der Waals surface area contributed by atoms with Crippen molar-refractivity contribution in [2.45, 2.75) is 13.0 Å². The molecule has 3 aromatic rings. The Kier molecular flexibility index (Phi) is 4.78. The molecule has 24 heavy (non-hydrogen) atoms. The second kappa shape index (κ2) is 6.83. The van der Waals surface area contributed by atoms with Crippen molar-refractivity contribution < 1.29 is 9.18 Å². The number of halogens is 3. The summed E-state index contributed by atoms with van der Waals surface area (Å²) in [6.07, 6.45) is 2.99. The summed E-state index contributed by atoms with van der Waals surface area (Å²) in [6.45, 7) is 1.73. The van der Waals surface area contributed by atoms with Crippen LogP contribution in [0.25, 0.3) is 10.8 Å². The van der Waals surface area contributed by atoms with E-state index < -0.39 is 17.9 Å². The van der Waals surface area contributed by atoms with Crippen molar-refractivity contribution in [3.05, 3.63) is 69.4 Å². The zero-order chi connectivity index (χ0) is 17.3. The minimum Gasteiger partial charge on any atom is -0.344 e. The maximum Gasteiger partial charge on any atom is 0.257 e. The first-order chi connectivity index (χ1) is 11.5. The van der Waals surface area contributed by atoms with Gasteiger partial charge in [-0.15, -0.1) is 0 Å². The van der Waals surface area contributed by atoms with Gasteiger partial charge in [-0.25, -0.2) is 4.98 Å². The van der Waals surface area contributed by atoms with Crippen LogP contribution in [0.3, 0.4) is 0 Å². The SMILES string of the molecule is CC(NC(=O)c1c(F)ncc2ccccc12)c1ncc(Br)cc1Cl. The number of nitrogens with one attached hydrogen (secondary N) is 1. The third-order valence-corrected chi connectivity index (χ3v) is 4.31. The molecule has 0 radical (unpaired) electrons. The number of hydrogen-bond donors (Lipinski definition) is 1. The summed E-state index contributed by atoms with van der Waals surface area (Å²) < 4.78 is 14.9. The Labute approximate surface area is 151 Å². The maximum absolute atomic E-state index is 14.1. The molecular weight excluding hydrogens is 397 g/mol. The average Bonchev–Trinajstić information content (AvgIpc) is 2.54. The number of benzene rings is 1. The van der Waals surface area contributed by atoms with Gasteiger partial charge in [-0.05, 0) is 28.9 Å². The fourth-order valence-electron chi connectivity index (χ4n) is 2.44. The van der Waals surface area contributed by atoms with Crippen molar-refractivity contribution in [3.63, 3.8) is 0 Å². The fourth-order valence-corrected chi connectivity index (χ4v) is 3.23. The Morgan fingerprint density at radius 1 is 1.29 bits per heavy atom. The number of hydrogen-bond acceptors (Lipinski definition) is 3. The van der Waals surface area contributed by atoms with Crippen LogP contribution in [-0.2, 0) is 0 Å². The minimum atomic E-state index is -0.812. The molecule has 0 fully saturated rings. The van der Waals surface area contributed by atoms with Gasteiger partial charge in [0.2, 0.25) is 5.95 Å². The van der Waals surface area contributed by atoms with Gasteiger partial charge in [0.25, 0.3) is 5.91 Å². The summed E-state index contributed by atoms with van der Waals surface area (Å²) in [5.74, 6) is -1.38. The van der Waals surface area contributed by atoms with E-state index in [-0.39, 0.29) is 5.56 Å². The van der Waals surface area contributed by atoms with Crippen LogP contribution in [0, 0.1) is 5.95 Å². The van der Waals surface area contributed by atoms with E-state index in [4.69, 9.17) is 11.6 Å². The summed E-state index contributed by atoms with van der Waals surface area (Å²) in [5, 5.41) is 4.33. The van der Waals surface area contributed by atoms with Crippen LogP contribution in [0.15, 0.2) is 47.2 Å². The lowest BCUT2D eigenvalue weighted by atomic mass is 10.1. The van der Waals surface area contributed by atoms with Crippen molar-refractivity contribution in [1.82, 2.24) is 15.3 Å². The van der Waals surface area contributed by atoms with Crippen LogP contribution < -0.4 is 5.32 Å². The number of carbonyl (C=O) groups is 1. The predicted molar refractivity (Wildman–Crippen MR) is 94.5 cm³/mol. The summed E-state index contributed by atoms with van der Waals surface area (Å²) in [6, 6.07) is 8.20. The monoisotopic (exact) mass is 407 g/mol. The van der Waals surface area contributed by atoms with Gasteiger partial charge in [0.15, 0.2) is 0 Å². The van der Waals surface area contributed by atoms with Gasteiger partial charge in [0.05, 0.1) is 16.8 Å². The molecule has 0 aliphatic rings. The topological polar surface area (TPSA) is 54.9 Å². The Morgan fingerprint density at radius 3 is 2.79 bits per heavy atom. The highest BCUT2D eigenvalue weighted by molar-refractivity contribution is 9.10. The first kappa shape index (κ1) is 16.8. The molecule has 1 amide bonds. The van der Waals surface area contributed by atoms with Gasteiger partial charge in [-0.3, -0.25) is 9.78 Å². The average molecular weight is 409 g/mol. The molecule has 1 N–H and O–H groups in total. The van der Waals surface area contributed by atoms with E-state index in [1.807, 2.05) is 0 Å². The number of fused-ring (bicyclic) bond motifs is 1. The second-order valence-electron chi connectivity index (χ2n) is 5.23. The van der Waals surface area contributed by atoms with Crippen molar-refractivity contribution in [1.29, 1.82) is 0 Å². The van der Waals surface area contributed by atoms with Gasteiger partial charge in [-0.2, -0.15) is 4.39 Å². The first-order valence-electron chi connectivity index (χ1n) is 7.12. The zero-order valence-corrected chi connectivity index (χ0v) is 14.9. The van der Waals surface area contributed by atoms with Crippen molar-refractivity contribution in [2.75, 3.05) is 0 Å². The highest BCUT2D eigenvalue weighted by Gasteiger charge is 2.21. The third kappa shape index (κ3) is 3.25. The molecule has 122 valence electrons. The number of rotatable bonds is 3. The predicted octanol–water partition coefficient (Wildman–Crippen LogP) is 4.68. The van der Waals surface area contributed by atoms with E-state index in [1.54, 1.807) is 43.5 Å². The summed E-state index contributed by atoms with van der Waals surface area (Å²) in [4.78, 5) is 20.4. The van der Waals surface area contributed by atoms with Crippen LogP contribution in [0.5, 0.6) is 0 Å². The van der Waals surface area contributed by atoms with E-state index in [0.29, 0.717) is 21.5 Å². The van der Waals surface area contributed by atoms with Crippen molar-refractivity contribution in [2.24, 2.45) is 0 Å². The van der Waals surface area contributed by atoms with E-state index in [0.717, 1.165) is 4.47 Å². The molecule has 0 saturated carbocycles. The molecule has 1 atom stereocenters. The second-order valence-corrected chi connectivity index (χ2v) is 6.55. The summed E-state index contributed by atoms with van der Waals surface area (Å²) in [7, 11) is 0. The Morgan fingerprint density at radius 2 is 2.04 bits per heavy atom. The highest BCUT2D eigenvalue weighted by atomic mass is 79.9. The number of carbonyl (C=O) groups excluding carboxylic acids is 1. The summed E-state index contributed by atoms with van der Waals surface area (Å²) in [5.41, 5.74) is 0.412. The molecule has 3 rings (SSSR count). The quantitative estimate of drug-likeness (QED) is 0.640. The van der Waals surface area contributed by atoms with Crippen LogP contribution in [0.1, 0.15) is 29.0 Å². The van der Waals surface area contributed by atoms with Gasteiger partial charge >= 0.3 is 0 Å². The smallest absolute Gasteiger partial charge is 0.257 e. The molecule has 1 unspecified atom stereocenters. The van der Waals surface area contributed by atoms with E-state index in [1.165, 1.54) is 6.20 Å². The van der Waals surface area contributed by atoms with Crippen LogP contribution in [0.4, 0.5) is 4.39 Å². The Bertz CT molecular complexity index is 935. The number of nitrogens with zero attached hydrogens (tertiary/aromatic N) is 2. The van der Waals surface area contributed by atoms with E-state index in [2.05, 4.69) is 31.2 Å². The lowest BCUT2D eigenvalue weighted by Crippen LogP contribution is -2.28. The first-order valence-corrected chi connectivity index (χ1v) is 8.29.